The van der Waals surface area contributed by atoms with Crippen LogP contribution in [-0.2, 0) is 0 Å². The molecule has 6 N–H and O–H groups in total. The maximum absolute atomic E-state index is 7.67. The van der Waals surface area contributed by atoms with Crippen LogP contribution in [-0.4, -0.2) is 11.7 Å². The molecule has 4 heteroatoms. The topological polar surface area (TPSA) is 99.7 Å². The molecule has 3 aromatic rings. The van der Waals surface area contributed by atoms with Crippen LogP contribution in [0.1, 0.15) is 11.1 Å². The van der Waals surface area contributed by atoms with Crippen molar-refractivity contribution in [1.82, 2.24) is 0 Å². The minimum Gasteiger partial charge on any atom is -0.384 e. The Labute approximate surface area is 116 Å². The molecule has 0 aliphatic heterocycles. The highest BCUT2D eigenvalue weighted by molar-refractivity contribution is 6.15. The summed E-state index contributed by atoms with van der Waals surface area (Å²) in [7, 11) is 0. The van der Waals surface area contributed by atoms with Crippen LogP contribution in [0.5, 0.6) is 0 Å². The number of amidine groups is 2. The standard InChI is InChI=1S/C16H14N4/c17-15(18)11-5-1-3-9-7-10-4-2-6-12(16(19)20)14(10)8-13(9)11/h1-8H,(H3,17,18)(H3,19,20). The normalized spacial score (nSPS) is 10.8. The second-order valence-corrected chi connectivity index (χ2v) is 4.73. The van der Waals surface area contributed by atoms with Gasteiger partial charge in [0.1, 0.15) is 11.7 Å². The quantitative estimate of drug-likeness (QED) is 0.324. The van der Waals surface area contributed by atoms with Gasteiger partial charge in [-0.05, 0) is 33.7 Å². The zero-order valence-electron chi connectivity index (χ0n) is 10.8. The lowest BCUT2D eigenvalue weighted by Crippen LogP contribution is -2.12. The average Bonchev–Trinajstić information content (AvgIpc) is 2.43. The number of nitrogen functional groups attached to an aromatic ring is 2. The van der Waals surface area contributed by atoms with Gasteiger partial charge in [-0.25, -0.2) is 0 Å². The Morgan fingerprint density at radius 2 is 1.15 bits per heavy atom. The molecule has 0 aromatic heterocycles. The Hall–Kier alpha value is -2.88. The van der Waals surface area contributed by atoms with Crippen LogP contribution in [0.4, 0.5) is 0 Å². The Morgan fingerprint density at radius 3 is 1.55 bits per heavy atom. The van der Waals surface area contributed by atoms with E-state index in [1.807, 2.05) is 48.5 Å². The van der Waals surface area contributed by atoms with E-state index in [9.17, 15) is 0 Å². The Balaban J connectivity index is 2.48. The van der Waals surface area contributed by atoms with Gasteiger partial charge in [-0.2, -0.15) is 0 Å². The molecule has 20 heavy (non-hydrogen) atoms. The summed E-state index contributed by atoms with van der Waals surface area (Å²) < 4.78 is 0. The Bertz CT molecular complexity index is 796. The SMILES string of the molecule is N=C(N)c1cccc2cc3cccc(C(=N)N)c3cc12. The number of hydrogen-bond donors (Lipinski definition) is 4. The summed E-state index contributed by atoms with van der Waals surface area (Å²) in [6.07, 6.45) is 0. The lowest BCUT2D eigenvalue weighted by atomic mass is 9.96. The second kappa shape index (κ2) is 4.35. The van der Waals surface area contributed by atoms with Gasteiger partial charge in [0.05, 0.1) is 0 Å². The third kappa shape index (κ3) is 1.78. The van der Waals surface area contributed by atoms with Crippen LogP contribution in [0.3, 0.4) is 0 Å². The zero-order chi connectivity index (χ0) is 14.3. The van der Waals surface area contributed by atoms with Gasteiger partial charge >= 0.3 is 0 Å². The molecule has 0 aliphatic rings. The van der Waals surface area contributed by atoms with Gasteiger partial charge in [-0.15, -0.1) is 0 Å². The number of fused-ring (bicyclic) bond motifs is 2. The number of rotatable bonds is 2. The molecule has 4 nitrogen and oxygen atoms in total. The van der Waals surface area contributed by atoms with E-state index in [4.69, 9.17) is 22.3 Å². The van der Waals surface area contributed by atoms with E-state index in [0.717, 1.165) is 21.5 Å². The minimum atomic E-state index is 0.0373. The molecule has 0 amide bonds. The van der Waals surface area contributed by atoms with Gasteiger partial charge in [0.2, 0.25) is 0 Å². The van der Waals surface area contributed by atoms with Crippen molar-refractivity contribution in [3.63, 3.8) is 0 Å². The fourth-order valence-corrected chi connectivity index (χ4v) is 2.52. The second-order valence-electron chi connectivity index (χ2n) is 4.73. The maximum Gasteiger partial charge on any atom is 0.123 e. The summed E-state index contributed by atoms with van der Waals surface area (Å²) in [5, 5.41) is 19.2. The van der Waals surface area contributed by atoms with Crippen molar-refractivity contribution in [1.29, 1.82) is 10.8 Å². The lowest BCUT2D eigenvalue weighted by molar-refractivity contribution is 1.44. The summed E-state index contributed by atoms with van der Waals surface area (Å²) >= 11 is 0. The first kappa shape index (κ1) is 12.2. The first-order chi connectivity index (χ1) is 9.58. The first-order valence-electron chi connectivity index (χ1n) is 6.22. The van der Waals surface area contributed by atoms with Gasteiger partial charge in [0.25, 0.3) is 0 Å². The highest BCUT2D eigenvalue weighted by atomic mass is 14.7. The van der Waals surface area contributed by atoms with Gasteiger partial charge in [0.15, 0.2) is 0 Å². The zero-order valence-corrected chi connectivity index (χ0v) is 10.8. The van der Waals surface area contributed by atoms with Crippen LogP contribution in [0.25, 0.3) is 21.5 Å². The first-order valence-corrected chi connectivity index (χ1v) is 6.22. The van der Waals surface area contributed by atoms with E-state index in [0.29, 0.717) is 11.1 Å². The van der Waals surface area contributed by atoms with Crippen LogP contribution in [0.2, 0.25) is 0 Å². The average molecular weight is 262 g/mol. The highest BCUT2D eigenvalue weighted by Crippen LogP contribution is 2.27. The van der Waals surface area contributed by atoms with E-state index < -0.39 is 0 Å². The number of nitrogens with one attached hydrogen (secondary N) is 2. The molecule has 0 fully saturated rings. The van der Waals surface area contributed by atoms with Crippen molar-refractivity contribution in [2.24, 2.45) is 11.5 Å². The number of nitrogens with two attached hydrogens (primary N) is 2. The van der Waals surface area contributed by atoms with E-state index in [1.54, 1.807) is 0 Å². The Kier molecular flexibility index (Phi) is 2.64. The highest BCUT2D eigenvalue weighted by Gasteiger charge is 2.08. The molecular weight excluding hydrogens is 248 g/mol. The van der Waals surface area contributed by atoms with Crippen LogP contribution in [0, 0.1) is 10.8 Å². The van der Waals surface area contributed by atoms with Crippen molar-refractivity contribution >= 4 is 33.2 Å². The summed E-state index contributed by atoms with van der Waals surface area (Å²) in [4.78, 5) is 0. The molecule has 0 saturated heterocycles. The summed E-state index contributed by atoms with van der Waals surface area (Å²) in [5.41, 5.74) is 12.7. The summed E-state index contributed by atoms with van der Waals surface area (Å²) in [5.74, 6) is 0.0745. The summed E-state index contributed by atoms with van der Waals surface area (Å²) in [6.45, 7) is 0. The molecule has 0 aliphatic carbocycles. The predicted octanol–water partition coefficient (Wildman–Crippen LogP) is 2.56. The predicted molar refractivity (Wildman–Crippen MR) is 83.5 cm³/mol. The fourth-order valence-electron chi connectivity index (χ4n) is 2.52. The van der Waals surface area contributed by atoms with Crippen molar-refractivity contribution in [2.75, 3.05) is 0 Å². The van der Waals surface area contributed by atoms with E-state index in [2.05, 4.69) is 0 Å². The third-order valence-corrected chi connectivity index (χ3v) is 3.46. The molecule has 3 aromatic carbocycles. The lowest BCUT2D eigenvalue weighted by Gasteiger charge is -2.09. The molecule has 0 unspecified atom stereocenters. The van der Waals surface area contributed by atoms with Crippen molar-refractivity contribution < 1.29 is 0 Å². The van der Waals surface area contributed by atoms with E-state index in [1.165, 1.54) is 0 Å². The Morgan fingerprint density at radius 1 is 0.700 bits per heavy atom. The molecular formula is C16H14N4. The van der Waals surface area contributed by atoms with Gasteiger partial charge in [-0.3, -0.25) is 10.8 Å². The number of benzene rings is 3. The minimum absolute atomic E-state index is 0.0373. The van der Waals surface area contributed by atoms with Crippen LogP contribution in [0.15, 0.2) is 48.5 Å². The number of hydrogen-bond acceptors (Lipinski definition) is 2. The van der Waals surface area contributed by atoms with Gasteiger partial charge in [-0.1, -0.05) is 36.4 Å². The fraction of sp³-hybridized carbons (Fsp3) is 0. The molecule has 0 radical (unpaired) electrons. The molecule has 0 heterocycles. The third-order valence-electron chi connectivity index (χ3n) is 3.46. The molecule has 0 atom stereocenters. The molecule has 98 valence electrons. The van der Waals surface area contributed by atoms with Crippen molar-refractivity contribution in [2.45, 2.75) is 0 Å². The molecule has 3 rings (SSSR count). The van der Waals surface area contributed by atoms with Crippen LogP contribution < -0.4 is 11.5 Å². The van der Waals surface area contributed by atoms with Crippen LogP contribution >= 0.6 is 0 Å². The summed E-state index contributed by atoms with van der Waals surface area (Å²) in [6, 6.07) is 15.4. The monoisotopic (exact) mass is 262 g/mol. The van der Waals surface area contributed by atoms with E-state index in [-0.39, 0.29) is 11.7 Å². The van der Waals surface area contributed by atoms with E-state index >= 15 is 0 Å². The van der Waals surface area contributed by atoms with Crippen molar-refractivity contribution in [3.8, 4) is 0 Å². The maximum atomic E-state index is 7.67. The van der Waals surface area contributed by atoms with Gasteiger partial charge in [0, 0.05) is 11.1 Å². The largest absolute Gasteiger partial charge is 0.384 e. The molecule has 0 spiro atoms. The smallest absolute Gasteiger partial charge is 0.123 e. The molecule has 0 bridgehead atoms. The van der Waals surface area contributed by atoms with Gasteiger partial charge < -0.3 is 11.5 Å². The van der Waals surface area contributed by atoms with Crippen molar-refractivity contribution in [3.05, 3.63) is 59.7 Å². The molecule has 0 saturated carbocycles.